The number of nitrogens with two attached hydrogens (primary N) is 1. The van der Waals surface area contributed by atoms with Gasteiger partial charge in [-0.3, -0.25) is 0 Å². The lowest BCUT2D eigenvalue weighted by molar-refractivity contribution is -0.104. The first-order valence-electron chi connectivity index (χ1n) is 19.6. The second-order valence-corrected chi connectivity index (χ2v) is 16.0. The van der Waals surface area contributed by atoms with Gasteiger partial charge in [0.25, 0.3) is 0 Å². The highest BCUT2D eigenvalue weighted by molar-refractivity contribution is 5.08. The second kappa shape index (κ2) is 19.5. The highest BCUT2D eigenvalue weighted by Gasteiger charge is 2.59. The molecule has 0 aliphatic heterocycles. The Morgan fingerprint density at radius 2 is 1.47 bits per heavy atom. The molecular formula is C39H77N3O. The van der Waals surface area contributed by atoms with Crippen molar-refractivity contribution in [2.24, 2.45) is 52.1 Å². The van der Waals surface area contributed by atoms with Gasteiger partial charge in [0, 0.05) is 6.61 Å². The lowest BCUT2D eigenvalue weighted by atomic mass is 9.46. The number of rotatable bonds is 18. The Balaban J connectivity index is 0.00000248. The number of nitrogens with one attached hydrogen (secondary N) is 2. The molecule has 4 aliphatic carbocycles. The molecule has 0 bridgehead atoms. The van der Waals surface area contributed by atoms with Crippen LogP contribution in [0.2, 0.25) is 0 Å². The fourth-order valence-electron chi connectivity index (χ4n) is 10.6. The highest BCUT2D eigenvalue weighted by atomic mass is 16.5. The van der Waals surface area contributed by atoms with Crippen molar-refractivity contribution in [3.05, 3.63) is 0 Å². The molecule has 4 aliphatic rings. The zero-order valence-corrected chi connectivity index (χ0v) is 30.0. The van der Waals surface area contributed by atoms with Crippen molar-refractivity contribution in [3.8, 4) is 0 Å². The first-order chi connectivity index (χ1) is 20.9. The summed E-state index contributed by atoms with van der Waals surface area (Å²) in [5.74, 6) is 5.79. The zero-order valence-electron chi connectivity index (χ0n) is 30.0. The van der Waals surface area contributed by atoms with Crippen LogP contribution in [0.1, 0.15) is 157 Å². The van der Waals surface area contributed by atoms with E-state index in [0.29, 0.717) is 16.9 Å². The number of hydrogen-bond acceptors (Lipinski definition) is 4. The van der Waals surface area contributed by atoms with Gasteiger partial charge in [0.1, 0.15) is 0 Å². The van der Waals surface area contributed by atoms with E-state index in [-0.39, 0.29) is 0 Å². The van der Waals surface area contributed by atoms with Gasteiger partial charge >= 0.3 is 0 Å². The second-order valence-electron chi connectivity index (χ2n) is 16.0. The van der Waals surface area contributed by atoms with E-state index >= 15 is 0 Å². The van der Waals surface area contributed by atoms with Gasteiger partial charge in [-0.05, 0) is 169 Å². The molecule has 0 aromatic rings. The zero-order chi connectivity index (χ0) is 31.1. The molecule has 4 heteroatoms. The molecule has 8 atom stereocenters. The molecule has 43 heavy (non-hydrogen) atoms. The summed E-state index contributed by atoms with van der Waals surface area (Å²) in [6.07, 6.45) is 25.6. The van der Waals surface area contributed by atoms with Gasteiger partial charge in [-0.1, -0.05) is 67.2 Å². The predicted octanol–water partition coefficient (Wildman–Crippen LogP) is 9.36. The van der Waals surface area contributed by atoms with Crippen LogP contribution >= 0.6 is 0 Å². The molecule has 0 heterocycles. The van der Waals surface area contributed by atoms with E-state index in [1.54, 1.807) is 6.42 Å². The normalized spacial score (nSPS) is 35.4. The molecule has 0 radical (unpaired) electrons. The maximum atomic E-state index is 6.57. The van der Waals surface area contributed by atoms with E-state index in [1.165, 1.54) is 96.3 Å². The van der Waals surface area contributed by atoms with E-state index in [0.717, 1.165) is 87.7 Å². The van der Waals surface area contributed by atoms with E-state index in [2.05, 4.69) is 38.3 Å². The molecule has 4 saturated carbocycles. The van der Waals surface area contributed by atoms with Crippen LogP contribution in [0.15, 0.2) is 0 Å². The molecule has 8 unspecified atom stereocenters. The standard InChI is InChI=1S/C37H71N3O.C2H6/c1-29(2)12-5-6-13-30-16-18-34-33-17-15-31-28-32(14-9-20-36(31,3)35(33)19-21-37(30,34)4)41-27-11-26-40-25-10-24-39-23-8-7-22-38;1-2/h29-35,39-40H,5-28,38H2,1-4H3;1-2H3. The molecule has 4 rings (SSSR count). The molecule has 4 nitrogen and oxygen atoms in total. The predicted molar refractivity (Wildman–Crippen MR) is 187 cm³/mol. The first kappa shape index (κ1) is 37.3. The van der Waals surface area contributed by atoms with Crippen LogP contribution in [0.25, 0.3) is 0 Å². The van der Waals surface area contributed by atoms with Gasteiger partial charge in [-0.25, -0.2) is 0 Å². The van der Waals surface area contributed by atoms with Gasteiger partial charge in [0.15, 0.2) is 0 Å². The Morgan fingerprint density at radius 3 is 2.21 bits per heavy atom. The van der Waals surface area contributed by atoms with Gasteiger partial charge in [0.2, 0.25) is 0 Å². The number of ether oxygens (including phenoxy) is 1. The van der Waals surface area contributed by atoms with Crippen LogP contribution in [-0.4, -0.2) is 45.4 Å². The van der Waals surface area contributed by atoms with Gasteiger partial charge in [0.05, 0.1) is 6.10 Å². The SMILES string of the molecule is CC.CC(C)CCCCC1CCC2C3CCC4CC(OCCCNCCCNCCCCN)CCCC4(C)C3CCC12C. The number of hydrogen-bond donors (Lipinski definition) is 3. The Labute approximate surface area is 269 Å². The Bertz CT molecular complexity index is 729. The number of fused-ring (bicyclic) bond motifs is 5. The van der Waals surface area contributed by atoms with Crippen LogP contribution in [0.5, 0.6) is 0 Å². The lowest BCUT2D eigenvalue weighted by Crippen LogP contribution is -2.51. The molecule has 0 saturated heterocycles. The summed E-state index contributed by atoms with van der Waals surface area (Å²) in [4.78, 5) is 0. The van der Waals surface area contributed by atoms with Crippen molar-refractivity contribution < 1.29 is 4.74 Å². The Kier molecular flexibility index (Phi) is 16.9. The van der Waals surface area contributed by atoms with Crippen LogP contribution in [0, 0.1) is 46.3 Å². The van der Waals surface area contributed by atoms with E-state index in [9.17, 15) is 0 Å². The van der Waals surface area contributed by atoms with Gasteiger partial charge in [-0.2, -0.15) is 0 Å². The molecule has 0 aromatic carbocycles. The Morgan fingerprint density at radius 1 is 0.744 bits per heavy atom. The minimum absolute atomic E-state index is 0.506. The summed E-state index contributed by atoms with van der Waals surface area (Å²) in [5.41, 5.74) is 6.77. The molecule has 0 amide bonds. The average Bonchev–Trinajstić information content (AvgIpc) is 3.23. The third-order valence-corrected chi connectivity index (χ3v) is 13.0. The minimum atomic E-state index is 0.506. The maximum Gasteiger partial charge on any atom is 0.0578 e. The molecular weight excluding hydrogens is 526 g/mol. The van der Waals surface area contributed by atoms with Crippen LogP contribution < -0.4 is 16.4 Å². The molecule has 254 valence electrons. The Hall–Kier alpha value is -0.160. The molecule has 4 fully saturated rings. The average molecular weight is 604 g/mol. The van der Waals surface area contributed by atoms with E-state index in [4.69, 9.17) is 10.5 Å². The van der Waals surface area contributed by atoms with Gasteiger partial charge < -0.3 is 21.1 Å². The smallest absolute Gasteiger partial charge is 0.0578 e. The molecule has 0 spiro atoms. The fraction of sp³-hybridized carbons (Fsp3) is 1.00. The maximum absolute atomic E-state index is 6.57. The van der Waals surface area contributed by atoms with Crippen LogP contribution in [0.4, 0.5) is 0 Å². The summed E-state index contributed by atoms with van der Waals surface area (Å²) >= 11 is 0. The first-order valence-corrected chi connectivity index (χ1v) is 19.6. The van der Waals surface area contributed by atoms with Gasteiger partial charge in [-0.15, -0.1) is 0 Å². The van der Waals surface area contributed by atoms with Crippen molar-refractivity contribution in [2.45, 2.75) is 163 Å². The molecule has 4 N–H and O–H groups in total. The third kappa shape index (κ3) is 10.4. The van der Waals surface area contributed by atoms with Crippen molar-refractivity contribution in [1.29, 1.82) is 0 Å². The largest absolute Gasteiger partial charge is 0.378 e. The van der Waals surface area contributed by atoms with E-state index < -0.39 is 0 Å². The summed E-state index contributed by atoms with van der Waals surface area (Å²) in [6.45, 7) is 20.4. The summed E-state index contributed by atoms with van der Waals surface area (Å²) in [6, 6.07) is 0. The van der Waals surface area contributed by atoms with Crippen molar-refractivity contribution >= 4 is 0 Å². The van der Waals surface area contributed by atoms with Crippen molar-refractivity contribution in [1.82, 2.24) is 10.6 Å². The summed E-state index contributed by atoms with van der Waals surface area (Å²) in [7, 11) is 0. The quantitative estimate of drug-likeness (QED) is 0.137. The van der Waals surface area contributed by atoms with E-state index in [1.807, 2.05) is 13.8 Å². The lowest BCUT2D eigenvalue weighted by Gasteiger charge is -2.59. The van der Waals surface area contributed by atoms with Crippen molar-refractivity contribution in [2.75, 3.05) is 39.3 Å². The topological polar surface area (TPSA) is 59.3 Å². The monoisotopic (exact) mass is 604 g/mol. The minimum Gasteiger partial charge on any atom is -0.378 e. The van der Waals surface area contributed by atoms with Crippen molar-refractivity contribution in [3.63, 3.8) is 0 Å². The van der Waals surface area contributed by atoms with Crippen LogP contribution in [-0.2, 0) is 4.74 Å². The highest BCUT2D eigenvalue weighted by Crippen LogP contribution is 2.67. The van der Waals surface area contributed by atoms with Crippen LogP contribution in [0.3, 0.4) is 0 Å². The fourth-order valence-corrected chi connectivity index (χ4v) is 10.6. The summed E-state index contributed by atoms with van der Waals surface area (Å²) in [5, 5.41) is 7.14. The summed E-state index contributed by atoms with van der Waals surface area (Å²) < 4.78 is 6.57. The third-order valence-electron chi connectivity index (χ3n) is 13.0. The number of unbranched alkanes of at least 4 members (excludes halogenated alkanes) is 2. The molecule has 0 aromatic heterocycles.